The maximum atomic E-state index is 4.87. The third-order valence-corrected chi connectivity index (χ3v) is 2.22. The average Bonchev–Trinajstić information content (AvgIpc) is 2.55. The van der Waals surface area contributed by atoms with E-state index >= 15 is 0 Å². The third-order valence-electron chi connectivity index (χ3n) is 2.22. The summed E-state index contributed by atoms with van der Waals surface area (Å²) in [7, 11) is 0. The van der Waals surface area contributed by atoms with Gasteiger partial charge < -0.3 is 9.84 Å². The van der Waals surface area contributed by atoms with E-state index in [9.17, 15) is 0 Å². The van der Waals surface area contributed by atoms with Crippen LogP contribution in [0.15, 0.2) is 10.8 Å². The zero-order valence-corrected chi connectivity index (χ0v) is 6.63. The van der Waals surface area contributed by atoms with E-state index in [4.69, 9.17) is 4.52 Å². The van der Waals surface area contributed by atoms with Gasteiger partial charge in [-0.15, -0.1) is 0 Å². The van der Waals surface area contributed by atoms with Crippen molar-refractivity contribution in [2.45, 2.75) is 25.8 Å². The lowest BCUT2D eigenvalue weighted by molar-refractivity contribution is 0.413. The highest BCUT2D eigenvalue weighted by molar-refractivity contribution is 5.18. The highest BCUT2D eigenvalue weighted by Crippen LogP contribution is 2.24. The minimum Gasteiger partial charge on any atom is -0.364 e. The van der Waals surface area contributed by atoms with Crippen LogP contribution in [0.5, 0.6) is 0 Å². The fourth-order valence-electron chi connectivity index (χ4n) is 1.58. The Morgan fingerprint density at radius 2 is 2.64 bits per heavy atom. The molecular formula is C8H12N2O. The van der Waals surface area contributed by atoms with E-state index in [1.807, 2.05) is 6.92 Å². The summed E-state index contributed by atoms with van der Waals surface area (Å²) in [6, 6.07) is 0.487. The van der Waals surface area contributed by atoms with E-state index in [0.29, 0.717) is 6.04 Å². The van der Waals surface area contributed by atoms with Gasteiger partial charge in [0.25, 0.3) is 0 Å². The summed E-state index contributed by atoms with van der Waals surface area (Å²) in [5, 5.41) is 7.25. The zero-order chi connectivity index (χ0) is 7.68. The molecule has 0 radical (unpaired) electrons. The van der Waals surface area contributed by atoms with Crippen molar-refractivity contribution in [3.05, 3.63) is 17.5 Å². The van der Waals surface area contributed by atoms with Crippen molar-refractivity contribution in [1.29, 1.82) is 0 Å². The highest BCUT2D eigenvalue weighted by Gasteiger charge is 2.19. The lowest BCUT2D eigenvalue weighted by Gasteiger charge is -2.05. The summed E-state index contributed by atoms with van der Waals surface area (Å²) in [5.74, 6) is 0. The van der Waals surface area contributed by atoms with Gasteiger partial charge in [0.1, 0.15) is 6.26 Å². The van der Waals surface area contributed by atoms with E-state index in [0.717, 1.165) is 12.2 Å². The van der Waals surface area contributed by atoms with E-state index in [1.54, 1.807) is 6.26 Å². The molecule has 1 saturated heterocycles. The number of rotatable bonds is 1. The maximum absolute atomic E-state index is 4.87. The first kappa shape index (κ1) is 6.85. The maximum Gasteiger partial charge on any atom is 0.128 e. The molecule has 1 aliphatic rings. The molecule has 1 aliphatic heterocycles. The van der Waals surface area contributed by atoms with E-state index in [1.165, 1.54) is 18.4 Å². The van der Waals surface area contributed by atoms with Crippen molar-refractivity contribution in [1.82, 2.24) is 10.5 Å². The number of hydrogen-bond donors (Lipinski definition) is 1. The van der Waals surface area contributed by atoms with Gasteiger partial charge in [0.05, 0.1) is 5.69 Å². The Morgan fingerprint density at radius 1 is 1.73 bits per heavy atom. The first-order valence-corrected chi connectivity index (χ1v) is 4.02. The Labute approximate surface area is 65.8 Å². The molecule has 1 fully saturated rings. The van der Waals surface area contributed by atoms with Crippen molar-refractivity contribution < 1.29 is 4.52 Å². The first-order valence-electron chi connectivity index (χ1n) is 4.02. The van der Waals surface area contributed by atoms with E-state index in [-0.39, 0.29) is 0 Å². The summed E-state index contributed by atoms with van der Waals surface area (Å²) in [6.45, 7) is 3.11. The summed E-state index contributed by atoms with van der Waals surface area (Å²) < 4.78 is 4.87. The Kier molecular flexibility index (Phi) is 1.66. The molecule has 1 atom stereocenters. The Morgan fingerprint density at radius 3 is 3.18 bits per heavy atom. The molecule has 1 N–H and O–H groups in total. The lowest BCUT2D eigenvalue weighted by atomic mass is 10.1. The van der Waals surface area contributed by atoms with Crippen LogP contribution in [-0.2, 0) is 0 Å². The number of hydrogen-bond acceptors (Lipinski definition) is 3. The molecule has 0 saturated carbocycles. The van der Waals surface area contributed by atoms with Crippen LogP contribution in [0.2, 0.25) is 0 Å². The number of nitrogens with zero attached hydrogens (tertiary/aromatic N) is 1. The topological polar surface area (TPSA) is 38.1 Å². The molecule has 3 nitrogen and oxygen atoms in total. The molecule has 11 heavy (non-hydrogen) atoms. The molecular weight excluding hydrogens is 140 g/mol. The average molecular weight is 152 g/mol. The number of nitrogens with one attached hydrogen (secondary N) is 1. The van der Waals surface area contributed by atoms with Crippen molar-refractivity contribution in [3.8, 4) is 0 Å². The second kappa shape index (κ2) is 2.66. The standard InChI is InChI=1S/C8H12N2O/c1-6-7(5-11-10-6)8-3-2-4-9-8/h5,8-9H,2-4H2,1H3/t8-/m1/s1. The second-order valence-electron chi connectivity index (χ2n) is 3.00. The molecule has 0 spiro atoms. The van der Waals surface area contributed by atoms with Crippen molar-refractivity contribution in [2.24, 2.45) is 0 Å². The van der Waals surface area contributed by atoms with Crippen LogP contribution >= 0.6 is 0 Å². The molecule has 0 aliphatic carbocycles. The molecule has 1 aromatic rings. The Bertz CT molecular complexity index is 238. The molecule has 2 heterocycles. The van der Waals surface area contributed by atoms with Gasteiger partial charge in [0, 0.05) is 11.6 Å². The smallest absolute Gasteiger partial charge is 0.128 e. The minimum absolute atomic E-state index is 0.487. The molecule has 3 heteroatoms. The summed E-state index contributed by atoms with van der Waals surface area (Å²) in [6.07, 6.45) is 4.22. The fraction of sp³-hybridized carbons (Fsp3) is 0.625. The second-order valence-corrected chi connectivity index (χ2v) is 3.00. The van der Waals surface area contributed by atoms with Crippen molar-refractivity contribution in [2.75, 3.05) is 6.54 Å². The molecule has 2 rings (SSSR count). The van der Waals surface area contributed by atoms with Crippen molar-refractivity contribution in [3.63, 3.8) is 0 Å². The van der Waals surface area contributed by atoms with Gasteiger partial charge in [-0.3, -0.25) is 0 Å². The summed E-state index contributed by atoms with van der Waals surface area (Å²) in [4.78, 5) is 0. The summed E-state index contributed by atoms with van der Waals surface area (Å²) in [5.41, 5.74) is 2.24. The van der Waals surface area contributed by atoms with Crippen LogP contribution < -0.4 is 5.32 Å². The predicted octanol–water partition coefficient (Wildman–Crippen LogP) is 1.41. The van der Waals surface area contributed by atoms with Gasteiger partial charge in [0.15, 0.2) is 0 Å². The molecule has 0 bridgehead atoms. The molecule has 0 amide bonds. The van der Waals surface area contributed by atoms with Crippen LogP contribution in [-0.4, -0.2) is 11.7 Å². The first-order chi connectivity index (χ1) is 5.38. The lowest BCUT2D eigenvalue weighted by Crippen LogP contribution is -2.12. The Hall–Kier alpha value is -0.830. The third kappa shape index (κ3) is 1.16. The number of aryl methyl sites for hydroxylation is 1. The highest BCUT2D eigenvalue weighted by atomic mass is 16.5. The quantitative estimate of drug-likeness (QED) is 0.661. The van der Waals surface area contributed by atoms with Crippen LogP contribution in [0.3, 0.4) is 0 Å². The normalized spacial score (nSPS) is 24.3. The SMILES string of the molecule is Cc1nocc1[C@H]1CCCN1. The minimum atomic E-state index is 0.487. The van der Waals surface area contributed by atoms with Gasteiger partial charge in [0.2, 0.25) is 0 Å². The van der Waals surface area contributed by atoms with Crippen LogP contribution in [0.1, 0.15) is 30.1 Å². The molecule has 60 valence electrons. The molecule has 0 aromatic carbocycles. The van der Waals surface area contributed by atoms with Crippen LogP contribution in [0.4, 0.5) is 0 Å². The fourth-order valence-corrected chi connectivity index (χ4v) is 1.58. The van der Waals surface area contributed by atoms with Crippen LogP contribution in [0.25, 0.3) is 0 Å². The van der Waals surface area contributed by atoms with Gasteiger partial charge in [-0.2, -0.15) is 0 Å². The van der Waals surface area contributed by atoms with Gasteiger partial charge in [-0.1, -0.05) is 5.16 Å². The van der Waals surface area contributed by atoms with E-state index < -0.39 is 0 Å². The van der Waals surface area contributed by atoms with Gasteiger partial charge in [-0.05, 0) is 26.3 Å². The monoisotopic (exact) mass is 152 g/mol. The Balaban J connectivity index is 2.21. The summed E-state index contributed by atoms with van der Waals surface area (Å²) >= 11 is 0. The zero-order valence-electron chi connectivity index (χ0n) is 6.63. The van der Waals surface area contributed by atoms with Crippen LogP contribution in [0, 0.1) is 6.92 Å². The molecule has 1 aromatic heterocycles. The van der Waals surface area contributed by atoms with Gasteiger partial charge in [-0.25, -0.2) is 0 Å². The predicted molar refractivity (Wildman–Crippen MR) is 41.2 cm³/mol. The van der Waals surface area contributed by atoms with E-state index in [2.05, 4.69) is 10.5 Å². The van der Waals surface area contributed by atoms with Crippen molar-refractivity contribution >= 4 is 0 Å². The van der Waals surface area contributed by atoms with Gasteiger partial charge >= 0.3 is 0 Å². The molecule has 0 unspecified atom stereocenters. The largest absolute Gasteiger partial charge is 0.364 e. The number of aromatic nitrogens is 1.